The van der Waals surface area contributed by atoms with Crippen LogP contribution in [0, 0.1) is 5.41 Å². The maximum Gasteiger partial charge on any atom is 0.323 e. The van der Waals surface area contributed by atoms with Gasteiger partial charge in [0.25, 0.3) is 0 Å². The number of aliphatic carboxylic acids is 1. The highest BCUT2D eigenvalue weighted by atomic mass is 16.4. The molecule has 6 heteroatoms. The number of hydrogen-bond acceptors (Lipinski definition) is 3. The maximum atomic E-state index is 10.6. The molecule has 11 heavy (non-hydrogen) atoms. The van der Waals surface area contributed by atoms with Gasteiger partial charge >= 0.3 is 5.97 Å². The van der Waals surface area contributed by atoms with Crippen molar-refractivity contribution in [2.24, 2.45) is 5.73 Å². The van der Waals surface area contributed by atoms with Gasteiger partial charge in [0.15, 0.2) is 5.96 Å². The van der Waals surface area contributed by atoms with Gasteiger partial charge in [0, 0.05) is 6.92 Å². The summed E-state index contributed by atoms with van der Waals surface area (Å²) in [7, 11) is 0. The summed E-state index contributed by atoms with van der Waals surface area (Å²) >= 11 is 0. The van der Waals surface area contributed by atoms with Gasteiger partial charge in [0.05, 0.1) is 0 Å². The van der Waals surface area contributed by atoms with Crippen LogP contribution in [-0.4, -0.2) is 34.4 Å². The van der Waals surface area contributed by atoms with E-state index in [1.54, 1.807) is 0 Å². The Balaban J connectivity index is 4.23. The van der Waals surface area contributed by atoms with Crippen LogP contribution < -0.4 is 5.73 Å². The van der Waals surface area contributed by atoms with E-state index in [0.29, 0.717) is 4.90 Å². The van der Waals surface area contributed by atoms with E-state index in [9.17, 15) is 9.59 Å². The number of carbonyl (C=O) groups excluding carboxylic acids is 1. The van der Waals surface area contributed by atoms with E-state index in [1.807, 2.05) is 0 Å². The van der Waals surface area contributed by atoms with Crippen LogP contribution in [0.5, 0.6) is 0 Å². The van der Waals surface area contributed by atoms with Gasteiger partial charge in [0.2, 0.25) is 5.91 Å². The van der Waals surface area contributed by atoms with E-state index in [0.717, 1.165) is 6.92 Å². The molecule has 0 atom stereocenters. The van der Waals surface area contributed by atoms with Crippen molar-refractivity contribution in [1.29, 1.82) is 5.41 Å². The number of guanidine groups is 1. The monoisotopic (exact) mass is 159 g/mol. The average molecular weight is 159 g/mol. The Hall–Kier alpha value is -1.59. The summed E-state index contributed by atoms with van der Waals surface area (Å²) in [5.74, 6) is -2.31. The van der Waals surface area contributed by atoms with Gasteiger partial charge in [-0.1, -0.05) is 0 Å². The lowest BCUT2D eigenvalue weighted by Crippen LogP contribution is -2.43. The molecule has 0 aromatic heterocycles. The third kappa shape index (κ3) is 3.19. The number of nitrogens with one attached hydrogen (secondary N) is 1. The molecule has 4 N–H and O–H groups in total. The number of carboxylic acids is 1. The molecular weight excluding hydrogens is 150 g/mol. The Labute approximate surface area is 63.1 Å². The molecule has 6 nitrogen and oxygen atoms in total. The van der Waals surface area contributed by atoms with Crippen molar-refractivity contribution in [3.8, 4) is 0 Å². The smallest absolute Gasteiger partial charge is 0.323 e. The Kier molecular flexibility index (Phi) is 3.03. The van der Waals surface area contributed by atoms with Gasteiger partial charge in [0.1, 0.15) is 6.54 Å². The van der Waals surface area contributed by atoms with Gasteiger partial charge in [-0.05, 0) is 0 Å². The summed E-state index contributed by atoms with van der Waals surface area (Å²) in [5.41, 5.74) is 4.91. The van der Waals surface area contributed by atoms with Gasteiger partial charge < -0.3 is 10.8 Å². The molecule has 0 saturated heterocycles. The highest BCUT2D eigenvalue weighted by molar-refractivity contribution is 5.96. The number of amides is 1. The highest BCUT2D eigenvalue weighted by Crippen LogP contribution is 1.86. The topological polar surface area (TPSA) is 107 Å². The fraction of sp³-hybridized carbons (Fsp3) is 0.400. The SMILES string of the molecule is CC(=O)N(CC(=O)O)C(=N)N. The van der Waals surface area contributed by atoms with Gasteiger partial charge in [-0.15, -0.1) is 0 Å². The van der Waals surface area contributed by atoms with Crippen molar-refractivity contribution >= 4 is 17.8 Å². The summed E-state index contributed by atoms with van der Waals surface area (Å²) in [6.45, 7) is 0.578. The summed E-state index contributed by atoms with van der Waals surface area (Å²) in [6.07, 6.45) is 0. The minimum Gasteiger partial charge on any atom is -0.480 e. The molecule has 0 aliphatic carbocycles. The molecule has 0 aromatic rings. The van der Waals surface area contributed by atoms with E-state index in [1.165, 1.54) is 0 Å². The first-order chi connectivity index (χ1) is 4.95. The average Bonchev–Trinajstić information content (AvgIpc) is 1.81. The van der Waals surface area contributed by atoms with Crippen LogP contribution in [-0.2, 0) is 9.59 Å². The van der Waals surface area contributed by atoms with Crippen LogP contribution in [0.25, 0.3) is 0 Å². The molecule has 0 aliphatic heterocycles. The number of rotatable bonds is 2. The number of hydrogen-bond donors (Lipinski definition) is 3. The van der Waals surface area contributed by atoms with Crippen molar-refractivity contribution in [3.05, 3.63) is 0 Å². The second-order valence-electron chi connectivity index (χ2n) is 1.88. The Morgan fingerprint density at radius 2 is 2.09 bits per heavy atom. The Bertz CT molecular complexity index is 187. The van der Waals surface area contributed by atoms with Crippen molar-refractivity contribution in [3.63, 3.8) is 0 Å². The van der Waals surface area contributed by atoms with E-state index in [4.69, 9.17) is 16.2 Å². The van der Waals surface area contributed by atoms with Crippen LogP contribution in [0.2, 0.25) is 0 Å². The summed E-state index contributed by atoms with van der Waals surface area (Å²) in [6, 6.07) is 0. The zero-order chi connectivity index (χ0) is 9.02. The summed E-state index contributed by atoms with van der Waals surface area (Å²) in [5, 5.41) is 15.0. The molecule has 62 valence electrons. The van der Waals surface area contributed by atoms with Crippen LogP contribution in [0.4, 0.5) is 0 Å². The number of carbonyl (C=O) groups is 2. The van der Waals surface area contributed by atoms with Crippen LogP contribution >= 0.6 is 0 Å². The fourth-order valence-electron chi connectivity index (χ4n) is 0.501. The van der Waals surface area contributed by atoms with Crippen molar-refractivity contribution in [2.75, 3.05) is 6.54 Å². The first-order valence-corrected chi connectivity index (χ1v) is 2.79. The standard InChI is InChI=1S/C5H9N3O3/c1-3(9)8(5(6)7)2-4(10)11/h2H2,1H3,(H3,6,7)(H,10,11). The number of nitrogens with zero attached hydrogens (tertiary/aromatic N) is 1. The molecule has 1 amide bonds. The third-order valence-electron chi connectivity index (χ3n) is 0.964. The van der Waals surface area contributed by atoms with E-state index < -0.39 is 24.4 Å². The molecule has 0 radical (unpaired) electrons. The fourth-order valence-corrected chi connectivity index (χ4v) is 0.501. The van der Waals surface area contributed by atoms with Crippen molar-refractivity contribution in [2.45, 2.75) is 6.92 Å². The Morgan fingerprint density at radius 1 is 1.64 bits per heavy atom. The van der Waals surface area contributed by atoms with Crippen LogP contribution in [0.1, 0.15) is 6.92 Å². The quantitative estimate of drug-likeness (QED) is 0.348. The molecule has 0 aromatic carbocycles. The van der Waals surface area contributed by atoms with E-state index >= 15 is 0 Å². The number of carboxylic acid groups (broad SMARTS) is 1. The minimum atomic E-state index is -1.20. The lowest BCUT2D eigenvalue weighted by Gasteiger charge is -2.15. The first-order valence-electron chi connectivity index (χ1n) is 2.79. The second-order valence-corrected chi connectivity index (χ2v) is 1.88. The predicted molar refractivity (Wildman–Crippen MR) is 36.9 cm³/mol. The molecule has 0 rings (SSSR count). The van der Waals surface area contributed by atoms with E-state index in [2.05, 4.69) is 0 Å². The zero-order valence-corrected chi connectivity index (χ0v) is 6.00. The molecule has 0 bridgehead atoms. The summed E-state index contributed by atoms with van der Waals surface area (Å²) in [4.78, 5) is 21.3. The van der Waals surface area contributed by atoms with Crippen LogP contribution in [0.3, 0.4) is 0 Å². The zero-order valence-electron chi connectivity index (χ0n) is 6.00. The highest BCUT2D eigenvalue weighted by Gasteiger charge is 2.14. The van der Waals surface area contributed by atoms with Gasteiger partial charge in [-0.3, -0.25) is 19.9 Å². The summed E-state index contributed by atoms with van der Waals surface area (Å²) < 4.78 is 0. The molecular formula is C5H9N3O3. The largest absolute Gasteiger partial charge is 0.480 e. The molecule has 0 spiro atoms. The molecule has 0 aliphatic rings. The molecule has 0 heterocycles. The van der Waals surface area contributed by atoms with Gasteiger partial charge in [-0.25, -0.2) is 0 Å². The number of nitrogens with two attached hydrogens (primary N) is 1. The second kappa shape index (κ2) is 3.55. The Morgan fingerprint density at radius 3 is 2.18 bits per heavy atom. The van der Waals surface area contributed by atoms with Crippen molar-refractivity contribution < 1.29 is 14.7 Å². The third-order valence-corrected chi connectivity index (χ3v) is 0.964. The van der Waals surface area contributed by atoms with Crippen LogP contribution in [0.15, 0.2) is 0 Å². The predicted octanol–water partition coefficient (Wildman–Crippen LogP) is -1.19. The minimum absolute atomic E-state index is 0.556. The lowest BCUT2D eigenvalue weighted by atomic mass is 10.5. The van der Waals surface area contributed by atoms with Gasteiger partial charge in [-0.2, -0.15) is 0 Å². The maximum absolute atomic E-state index is 10.6. The van der Waals surface area contributed by atoms with Crippen molar-refractivity contribution in [1.82, 2.24) is 4.90 Å². The lowest BCUT2D eigenvalue weighted by molar-refractivity contribution is -0.141. The first kappa shape index (κ1) is 9.41. The molecule has 0 unspecified atom stereocenters. The normalized spacial score (nSPS) is 8.82. The van der Waals surface area contributed by atoms with E-state index in [-0.39, 0.29) is 0 Å². The molecule has 0 fully saturated rings. The molecule has 0 saturated carbocycles.